The van der Waals surface area contributed by atoms with Crippen LogP contribution in [0.5, 0.6) is 5.75 Å². The van der Waals surface area contributed by atoms with Crippen LogP contribution in [0.2, 0.25) is 5.02 Å². The molecule has 21 heavy (non-hydrogen) atoms. The third-order valence-corrected chi connectivity index (χ3v) is 3.42. The van der Waals surface area contributed by atoms with Gasteiger partial charge in [0.2, 0.25) is 0 Å². The molecule has 2 rings (SSSR count). The first-order valence-electron chi connectivity index (χ1n) is 6.21. The van der Waals surface area contributed by atoms with E-state index in [0.29, 0.717) is 28.7 Å². The maximum Gasteiger partial charge on any atom is 0.337 e. The van der Waals surface area contributed by atoms with E-state index in [0.717, 1.165) is 5.56 Å². The molecular formula is C15H15ClN2O3. The highest BCUT2D eigenvalue weighted by atomic mass is 35.5. The number of rotatable bonds is 5. The first-order chi connectivity index (χ1) is 10.0. The van der Waals surface area contributed by atoms with Crippen molar-refractivity contribution in [3.63, 3.8) is 0 Å². The van der Waals surface area contributed by atoms with Gasteiger partial charge in [0.05, 0.1) is 24.0 Å². The van der Waals surface area contributed by atoms with Gasteiger partial charge in [-0.2, -0.15) is 0 Å². The largest absolute Gasteiger partial charge is 0.496 e. The molecule has 2 aromatic carbocycles. The van der Waals surface area contributed by atoms with Crippen LogP contribution in [0, 0.1) is 0 Å². The van der Waals surface area contributed by atoms with Crippen LogP contribution < -0.4 is 15.8 Å². The predicted molar refractivity (Wildman–Crippen MR) is 83.1 cm³/mol. The van der Waals surface area contributed by atoms with Gasteiger partial charge in [0, 0.05) is 17.1 Å². The summed E-state index contributed by atoms with van der Waals surface area (Å²) in [5, 5.41) is 12.8. The second kappa shape index (κ2) is 6.37. The second-order valence-electron chi connectivity index (χ2n) is 4.35. The summed E-state index contributed by atoms with van der Waals surface area (Å²) < 4.78 is 5.25. The molecule has 0 aliphatic heterocycles. The Bertz CT molecular complexity index is 674. The average Bonchev–Trinajstić information content (AvgIpc) is 2.46. The van der Waals surface area contributed by atoms with Crippen LogP contribution in [0.25, 0.3) is 0 Å². The number of para-hydroxylation sites is 1. The maximum atomic E-state index is 11.2. The van der Waals surface area contributed by atoms with E-state index in [1.807, 2.05) is 0 Å². The Kier molecular flexibility index (Phi) is 4.55. The van der Waals surface area contributed by atoms with E-state index in [2.05, 4.69) is 5.32 Å². The van der Waals surface area contributed by atoms with Crippen LogP contribution in [-0.4, -0.2) is 18.2 Å². The summed E-state index contributed by atoms with van der Waals surface area (Å²) >= 11 is 6.15. The normalized spacial score (nSPS) is 10.2. The summed E-state index contributed by atoms with van der Waals surface area (Å²) in [5.41, 5.74) is 7.42. The lowest BCUT2D eigenvalue weighted by Crippen LogP contribution is -2.09. The number of ether oxygens (including phenoxy) is 1. The summed E-state index contributed by atoms with van der Waals surface area (Å²) in [6.07, 6.45) is 0. The summed E-state index contributed by atoms with van der Waals surface area (Å²) in [7, 11) is 1.55. The topological polar surface area (TPSA) is 84.6 Å². The number of nitrogens with two attached hydrogens (primary N) is 1. The number of benzene rings is 2. The van der Waals surface area contributed by atoms with Gasteiger partial charge >= 0.3 is 5.97 Å². The van der Waals surface area contributed by atoms with Crippen LogP contribution in [0.3, 0.4) is 0 Å². The lowest BCUT2D eigenvalue weighted by Gasteiger charge is -2.15. The fourth-order valence-corrected chi connectivity index (χ4v) is 2.26. The van der Waals surface area contributed by atoms with Crippen molar-refractivity contribution in [2.45, 2.75) is 6.54 Å². The molecule has 110 valence electrons. The SMILES string of the molecule is COc1cccc(Cl)c1CNc1c(N)cccc1C(=O)O. The number of anilines is 2. The number of methoxy groups -OCH3 is 1. The molecule has 0 spiro atoms. The Labute approximate surface area is 127 Å². The number of halogens is 1. The Hall–Kier alpha value is -2.40. The second-order valence-corrected chi connectivity index (χ2v) is 4.76. The number of hydrogen-bond acceptors (Lipinski definition) is 4. The van der Waals surface area contributed by atoms with Crippen molar-refractivity contribution < 1.29 is 14.6 Å². The molecular weight excluding hydrogens is 292 g/mol. The number of nitrogen functional groups attached to an aromatic ring is 1. The van der Waals surface area contributed by atoms with Crippen LogP contribution in [-0.2, 0) is 6.54 Å². The number of carboxylic acids is 1. The van der Waals surface area contributed by atoms with Gasteiger partial charge < -0.3 is 20.9 Å². The lowest BCUT2D eigenvalue weighted by molar-refractivity contribution is 0.0698. The fourth-order valence-electron chi connectivity index (χ4n) is 2.02. The summed E-state index contributed by atoms with van der Waals surface area (Å²) in [6, 6.07) is 10.0. The number of nitrogens with one attached hydrogen (secondary N) is 1. The highest BCUT2D eigenvalue weighted by molar-refractivity contribution is 6.31. The first-order valence-corrected chi connectivity index (χ1v) is 6.59. The van der Waals surface area contributed by atoms with Crippen molar-refractivity contribution in [1.29, 1.82) is 0 Å². The van der Waals surface area contributed by atoms with E-state index in [-0.39, 0.29) is 5.56 Å². The van der Waals surface area contributed by atoms with Crippen molar-refractivity contribution in [3.8, 4) is 5.75 Å². The number of hydrogen-bond donors (Lipinski definition) is 3. The van der Waals surface area contributed by atoms with Gasteiger partial charge in [-0.05, 0) is 24.3 Å². The smallest absolute Gasteiger partial charge is 0.337 e. The number of aromatic carboxylic acids is 1. The van der Waals surface area contributed by atoms with Crippen molar-refractivity contribution >= 4 is 28.9 Å². The molecule has 0 aromatic heterocycles. The third kappa shape index (κ3) is 3.20. The summed E-state index contributed by atoms with van der Waals surface area (Å²) in [5.74, 6) is -0.419. The molecule has 0 aliphatic carbocycles. The minimum atomic E-state index is -1.05. The standard InChI is InChI=1S/C15H15ClN2O3/c1-21-13-7-3-5-11(16)10(13)8-18-14-9(15(19)20)4-2-6-12(14)17/h2-7,18H,8,17H2,1H3,(H,19,20). The molecule has 5 nitrogen and oxygen atoms in total. The van der Waals surface area contributed by atoms with E-state index >= 15 is 0 Å². The minimum Gasteiger partial charge on any atom is -0.496 e. The van der Waals surface area contributed by atoms with Crippen LogP contribution in [0.4, 0.5) is 11.4 Å². The zero-order chi connectivity index (χ0) is 15.4. The zero-order valence-corrected chi connectivity index (χ0v) is 12.1. The van der Waals surface area contributed by atoms with E-state index in [1.54, 1.807) is 37.4 Å². The molecule has 0 saturated carbocycles. The van der Waals surface area contributed by atoms with Gasteiger partial charge in [-0.1, -0.05) is 23.7 Å². The predicted octanol–water partition coefficient (Wildman–Crippen LogP) is 3.24. The highest BCUT2D eigenvalue weighted by Crippen LogP contribution is 2.29. The van der Waals surface area contributed by atoms with Crippen LogP contribution >= 0.6 is 11.6 Å². The Morgan fingerprint density at radius 2 is 2.05 bits per heavy atom. The molecule has 0 bridgehead atoms. The minimum absolute atomic E-state index is 0.112. The molecule has 0 heterocycles. The van der Waals surface area contributed by atoms with E-state index < -0.39 is 5.97 Å². The Morgan fingerprint density at radius 1 is 1.33 bits per heavy atom. The monoisotopic (exact) mass is 306 g/mol. The first kappa shape index (κ1) is 15.0. The van der Waals surface area contributed by atoms with Crippen LogP contribution in [0.15, 0.2) is 36.4 Å². The lowest BCUT2D eigenvalue weighted by atomic mass is 10.1. The molecule has 6 heteroatoms. The van der Waals surface area contributed by atoms with Gasteiger partial charge in [0.25, 0.3) is 0 Å². The molecule has 0 aliphatic rings. The van der Waals surface area contributed by atoms with Crippen molar-refractivity contribution in [3.05, 3.63) is 52.5 Å². The van der Waals surface area contributed by atoms with Gasteiger partial charge in [-0.25, -0.2) is 4.79 Å². The fraction of sp³-hybridized carbons (Fsp3) is 0.133. The van der Waals surface area contributed by atoms with Crippen molar-refractivity contribution in [1.82, 2.24) is 0 Å². The van der Waals surface area contributed by atoms with E-state index in [1.165, 1.54) is 6.07 Å². The molecule has 4 N–H and O–H groups in total. The van der Waals surface area contributed by atoms with Crippen LogP contribution in [0.1, 0.15) is 15.9 Å². The molecule has 0 atom stereocenters. The van der Waals surface area contributed by atoms with E-state index in [9.17, 15) is 9.90 Å². The van der Waals surface area contributed by atoms with Gasteiger partial charge in [0.15, 0.2) is 0 Å². The zero-order valence-electron chi connectivity index (χ0n) is 11.4. The molecule has 0 amide bonds. The Balaban J connectivity index is 2.31. The average molecular weight is 307 g/mol. The van der Waals surface area contributed by atoms with Crippen molar-refractivity contribution in [2.24, 2.45) is 0 Å². The molecule has 0 unspecified atom stereocenters. The third-order valence-electron chi connectivity index (χ3n) is 3.06. The molecule has 2 aromatic rings. The molecule has 0 saturated heterocycles. The summed E-state index contributed by atoms with van der Waals surface area (Å²) in [4.78, 5) is 11.2. The van der Waals surface area contributed by atoms with Gasteiger partial charge in [-0.15, -0.1) is 0 Å². The van der Waals surface area contributed by atoms with Gasteiger partial charge in [0.1, 0.15) is 5.75 Å². The molecule has 0 radical (unpaired) electrons. The van der Waals surface area contributed by atoms with Crippen molar-refractivity contribution in [2.75, 3.05) is 18.2 Å². The summed E-state index contributed by atoms with van der Waals surface area (Å²) in [6.45, 7) is 0.303. The van der Waals surface area contributed by atoms with Gasteiger partial charge in [-0.3, -0.25) is 0 Å². The Morgan fingerprint density at radius 3 is 2.71 bits per heavy atom. The highest BCUT2D eigenvalue weighted by Gasteiger charge is 2.14. The quantitative estimate of drug-likeness (QED) is 0.738. The van der Waals surface area contributed by atoms with E-state index in [4.69, 9.17) is 22.1 Å². The molecule has 0 fully saturated rings. The number of carboxylic acid groups (broad SMARTS) is 1. The number of carbonyl (C=O) groups is 1. The maximum absolute atomic E-state index is 11.2.